The van der Waals surface area contributed by atoms with E-state index in [0.29, 0.717) is 11.6 Å². The van der Waals surface area contributed by atoms with Crippen molar-refractivity contribution in [2.45, 2.75) is 31.7 Å². The Morgan fingerprint density at radius 2 is 2.00 bits per heavy atom. The number of amides is 2. The van der Waals surface area contributed by atoms with Gasteiger partial charge in [-0.2, -0.15) is 0 Å². The average molecular weight is 339 g/mol. The Morgan fingerprint density at radius 3 is 2.72 bits per heavy atom. The number of nitrogens with one attached hydrogen (secondary N) is 1. The Kier molecular flexibility index (Phi) is 4.92. The van der Waals surface area contributed by atoms with E-state index in [2.05, 4.69) is 20.2 Å². The molecule has 2 aromatic rings. The molecule has 7 nitrogen and oxygen atoms in total. The number of primary amides is 1. The molecule has 0 saturated heterocycles. The fraction of sp³-hybridized carbons (Fsp3) is 0.333. The Morgan fingerprint density at radius 1 is 1.24 bits per heavy atom. The minimum absolute atomic E-state index is 0.106. The van der Waals surface area contributed by atoms with Crippen LogP contribution in [0.2, 0.25) is 0 Å². The number of pyridine rings is 2. The number of carbonyl (C=O) groups excluding carboxylic acids is 2. The molecule has 2 heterocycles. The van der Waals surface area contributed by atoms with Gasteiger partial charge in [0.05, 0.1) is 0 Å². The van der Waals surface area contributed by atoms with Crippen LogP contribution in [-0.2, 0) is 0 Å². The van der Waals surface area contributed by atoms with E-state index in [-0.39, 0.29) is 17.4 Å². The molecule has 2 aromatic heterocycles. The highest BCUT2D eigenvalue weighted by Crippen LogP contribution is 2.26. The lowest BCUT2D eigenvalue weighted by Gasteiger charge is -2.25. The van der Waals surface area contributed by atoms with Crippen LogP contribution in [0.15, 0.2) is 36.5 Å². The maximum atomic E-state index is 12.5. The molecule has 1 saturated carbocycles. The maximum absolute atomic E-state index is 12.5. The van der Waals surface area contributed by atoms with Gasteiger partial charge < -0.3 is 16.0 Å². The van der Waals surface area contributed by atoms with Gasteiger partial charge in [-0.15, -0.1) is 0 Å². The number of anilines is 2. The van der Waals surface area contributed by atoms with Crippen molar-refractivity contribution in [1.82, 2.24) is 9.97 Å². The van der Waals surface area contributed by atoms with Gasteiger partial charge in [0.1, 0.15) is 17.3 Å². The van der Waals surface area contributed by atoms with Crippen molar-refractivity contribution < 1.29 is 9.59 Å². The lowest BCUT2D eigenvalue weighted by molar-refractivity contribution is 0.0991. The van der Waals surface area contributed by atoms with E-state index in [4.69, 9.17) is 5.73 Å². The zero-order chi connectivity index (χ0) is 17.8. The maximum Gasteiger partial charge on any atom is 0.267 e. The summed E-state index contributed by atoms with van der Waals surface area (Å²) in [5.41, 5.74) is 5.80. The van der Waals surface area contributed by atoms with E-state index in [1.807, 2.05) is 7.05 Å². The smallest absolute Gasteiger partial charge is 0.267 e. The van der Waals surface area contributed by atoms with E-state index in [1.165, 1.54) is 18.9 Å². The van der Waals surface area contributed by atoms with Gasteiger partial charge in [-0.05, 0) is 37.1 Å². The van der Waals surface area contributed by atoms with Gasteiger partial charge in [0.25, 0.3) is 11.8 Å². The van der Waals surface area contributed by atoms with Crippen molar-refractivity contribution >= 4 is 23.5 Å². The molecule has 1 fully saturated rings. The third kappa shape index (κ3) is 3.93. The zero-order valence-corrected chi connectivity index (χ0v) is 14.1. The van der Waals surface area contributed by atoms with Crippen LogP contribution in [0.1, 0.15) is 46.5 Å². The SMILES string of the molecule is CN(c1cc(C(=O)Nc2cccc(C(N)=O)n2)ccn1)C1CCCC1. The average Bonchev–Trinajstić information content (AvgIpc) is 3.16. The van der Waals surface area contributed by atoms with Crippen LogP contribution in [0, 0.1) is 0 Å². The van der Waals surface area contributed by atoms with Crippen molar-refractivity contribution in [3.8, 4) is 0 Å². The van der Waals surface area contributed by atoms with E-state index >= 15 is 0 Å². The molecule has 0 bridgehead atoms. The number of aromatic nitrogens is 2. The Bertz CT molecular complexity index is 787. The van der Waals surface area contributed by atoms with Gasteiger partial charge in [-0.25, -0.2) is 9.97 Å². The summed E-state index contributed by atoms with van der Waals surface area (Å²) in [6, 6.07) is 8.62. The highest BCUT2D eigenvalue weighted by atomic mass is 16.2. The van der Waals surface area contributed by atoms with Crippen LogP contribution < -0.4 is 16.0 Å². The normalized spacial score (nSPS) is 14.3. The molecular weight excluding hydrogens is 318 g/mol. The minimum Gasteiger partial charge on any atom is -0.364 e. The van der Waals surface area contributed by atoms with Crippen LogP contribution >= 0.6 is 0 Å². The second-order valence-electron chi connectivity index (χ2n) is 6.18. The highest BCUT2D eigenvalue weighted by molar-refractivity contribution is 6.04. The fourth-order valence-electron chi connectivity index (χ4n) is 3.06. The van der Waals surface area contributed by atoms with Crippen LogP contribution in [0.3, 0.4) is 0 Å². The standard InChI is InChI=1S/C18H21N5O2/c1-23(13-5-2-3-6-13)16-11-12(9-10-20-16)18(25)22-15-8-4-7-14(21-15)17(19)24/h4,7-11,13H,2-3,5-6H2,1H3,(H2,19,24)(H,21,22,25). The number of nitrogens with zero attached hydrogens (tertiary/aromatic N) is 3. The van der Waals surface area contributed by atoms with E-state index in [1.54, 1.807) is 30.5 Å². The first-order valence-electron chi connectivity index (χ1n) is 8.31. The predicted molar refractivity (Wildman–Crippen MR) is 95.6 cm³/mol. The summed E-state index contributed by atoms with van der Waals surface area (Å²) in [6.07, 6.45) is 6.40. The van der Waals surface area contributed by atoms with Gasteiger partial charge in [-0.1, -0.05) is 18.9 Å². The van der Waals surface area contributed by atoms with Crippen LogP contribution in [0.25, 0.3) is 0 Å². The molecule has 130 valence electrons. The minimum atomic E-state index is -0.638. The van der Waals surface area contributed by atoms with Crippen molar-refractivity contribution in [2.75, 3.05) is 17.3 Å². The number of nitrogens with two attached hydrogens (primary N) is 1. The van der Waals surface area contributed by atoms with E-state index < -0.39 is 5.91 Å². The van der Waals surface area contributed by atoms with E-state index in [0.717, 1.165) is 18.7 Å². The summed E-state index contributed by atoms with van der Waals surface area (Å²) >= 11 is 0. The number of hydrogen-bond donors (Lipinski definition) is 2. The van der Waals surface area contributed by atoms with Crippen LogP contribution in [0.4, 0.5) is 11.6 Å². The molecule has 7 heteroatoms. The molecule has 3 N–H and O–H groups in total. The topological polar surface area (TPSA) is 101 Å². The monoisotopic (exact) mass is 339 g/mol. The summed E-state index contributed by atoms with van der Waals surface area (Å²) in [5.74, 6) is 0.111. The molecular formula is C18H21N5O2. The molecule has 0 aromatic carbocycles. The molecule has 0 spiro atoms. The molecule has 25 heavy (non-hydrogen) atoms. The molecule has 2 amide bonds. The first-order valence-corrected chi connectivity index (χ1v) is 8.31. The second kappa shape index (κ2) is 7.29. The zero-order valence-electron chi connectivity index (χ0n) is 14.1. The summed E-state index contributed by atoms with van der Waals surface area (Å²) in [7, 11) is 2.01. The number of hydrogen-bond acceptors (Lipinski definition) is 5. The molecule has 3 rings (SSSR count). The van der Waals surface area contributed by atoms with Crippen molar-refractivity contribution in [3.63, 3.8) is 0 Å². The molecule has 1 aliphatic carbocycles. The number of carbonyl (C=O) groups is 2. The van der Waals surface area contributed by atoms with Gasteiger partial charge >= 0.3 is 0 Å². The van der Waals surface area contributed by atoms with Gasteiger partial charge in [0, 0.05) is 24.8 Å². The molecule has 0 aliphatic heterocycles. The lowest BCUT2D eigenvalue weighted by Crippen LogP contribution is -2.29. The van der Waals surface area contributed by atoms with Crippen LogP contribution in [-0.4, -0.2) is 34.9 Å². The molecule has 0 unspecified atom stereocenters. The van der Waals surface area contributed by atoms with Gasteiger partial charge in [-0.3, -0.25) is 9.59 Å². The highest BCUT2D eigenvalue weighted by Gasteiger charge is 2.21. The molecule has 0 atom stereocenters. The van der Waals surface area contributed by atoms with Crippen molar-refractivity contribution in [1.29, 1.82) is 0 Å². The van der Waals surface area contributed by atoms with Crippen LogP contribution in [0.5, 0.6) is 0 Å². The summed E-state index contributed by atoms with van der Waals surface area (Å²) < 4.78 is 0. The summed E-state index contributed by atoms with van der Waals surface area (Å²) in [4.78, 5) is 34.2. The third-order valence-electron chi connectivity index (χ3n) is 4.48. The summed E-state index contributed by atoms with van der Waals surface area (Å²) in [5, 5.41) is 2.69. The van der Waals surface area contributed by atoms with Gasteiger partial charge in [0.15, 0.2) is 0 Å². The Balaban J connectivity index is 1.75. The third-order valence-corrected chi connectivity index (χ3v) is 4.48. The lowest BCUT2D eigenvalue weighted by atomic mass is 10.2. The first-order chi connectivity index (χ1) is 12.0. The fourth-order valence-corrected chi connectivity index (χ4v) is 3.06. The quantitative estimate of drug-likeness (QED) is 0.869. The van der Waals surface area contributed by atoms with Crippen molar-refractivity contribution in [2.24, 2.45) is 5.73 Å². The largest absolute Gasteiger partial charge is 0.364 e. The van der Waals surface area contributed by atoms with Gasteiger partial charge in [0.2, 0.25) is 0 Å². The molecule has 0 radical (unpaired) electrons. The predicted octanol–water partition coefficient (Wildman–Crippen LogP) is 2.21. The first kappa shape index (κ1) is 16.9. The van der Waals surface area contributed by atoms with Crippen molar-refractivity contribution in [3.05, 3.63) is 47.8 Å². The Labute approximate surface area is 146 Å². The second-order valence-corrected chi connectivity index (χ2v) is 6.18. The number of rotatable bonds is 5. The summed E-state index contributed by atoms with van der Waals surface area (Å²) in [6.45, 7) is 0. The Hall–Kier alpha value is -2.96. The molecule has 1 aliphatic rings. The van der Waals surface area contributed by atoms with E-state index in [9.17, 15) is 9.59 Å².